The normalized spacial score (nSPS) is 11.5. The number of halogens is 1. The standard InChI is InChI=1S/C22H24ClNO6/c1-2-30-22(28)12-19(24-20(25)13-29-14-21(26)27)10-15-6-8-16(9-7-15)17-4-3-5-18(23)11-17/h3-9,11,19H,2,10,12-14H2,1H3,(H,24,25)(H,26,27). The Bertz CT molecular complexity index is 868. The lowest BCUT2D eigenvalue weighted by Crippen LogP contribution is -2.40. The van der Waals surface area contributed by atoms with E-state index >= 15 is 0 Å². The molecule has 2 aromatic carbocycles. The quantitative estimate of drug-likeness (QED) is 0.528. The number of rotatable bonds is 11. The molecule has 0 heterocycles. The highest BCUT2D eigenvalue weighted by atomic mass is 35.5. The summed E-state index contributed by atoms with van der Waals surface area (Å²) in [7, 11) is 0. The number of carboxylic acid groups (broad SMARTS) is 1. The number of ether oxygens (including phenoxy) is 2. The molecule has 160 valence electrons. The fourth-order valence-electron chi connectivity index (χ4n) is 2.88. The Balaban J connectivity index is 2.03. The van der Waals surface area contributed by atoms with Crippen LogP contribution >= 0.6 is 11.6 Å². The molecule has 7 nitrogen and oxygen atoms in total. The van der Waals surface area contributed by atoms with Crippen LogP contribution in [-0.2, 0) is 30.3 Å². The third-order valence-electron chi connectivity index (χ3n) is 4.14. The number of hydrogen-bond acceptors (Lipinski definition) is 5. The van der Waals surface area contributed by atoms with Crippen molar-refractivity contribution < 1.29 is 29.0 Å². The van der Waals surface area contributed by atoms with Gasteiger partial charge in [-0.15, -0.1) is 0 Å². The number of hydrogen-bond donors (Lipinski definition) is 2. The molecule has 30 heavy (non-hydrogen) atoms. The van der Waals surface area contributed by atoms with Crippen LogP contribution in [0, 0.1) is 0 Å². The lowest BCUT2D eigenvalue weighted by Gasteiger charge is -2.18. The first-order valence-corrected chi connectivity index (χ1v) is 9.84. The lowest BCUT2D eigenvalue weighted by atomic mass is 9.99. The second-order valence-corrected chi connectivity index (χ2v) is 7.01. The van der Waals surface area contributed by atoms with Crippen molar-refractivity contribution in [3.05, 3.63) is 59.1 Å². The van der Waals surface area contributed by atoms with Gasteiger partial charge in [0.25, 0.3) is 0 Å². The molecule has 0 aliphatic carbocycles. The van der Waals surface area contributed by atoms with E-state index in [1.54, 1.807) is 6.92 Å². The SMILES string of the molecule is CCOC(=O)CC(Cc1ccc(-c2cccc(Cl)c2)cc1)NC(=O)COCC(=O)O. The topological polar surface area (TPSA) is 102 Å². The third-order valence-corrected chi connectivity index (χ3v) is 4.37. The molecule has 0 aromatic heterocycles. The monoisotopic (exact) mass is 433 g/mol. The molecule has 0 saturated heterocycles. The molecule has 0 aliphatic heterocycles. The van der Waals surface area contributed by atoms with E-state index in [0.29, 0.717) is 11.4 Å². The van der Waals surface area contributed by atoms with Crippen molar-refractivity contribution in [3.8, 4) is 11.1 Å². The van der Waals surface area contributed by atoms with E-state index in [2.05, 4.69) is 5.32 Å². The minimum Gasteiger partial charge on any atom is -0.480 e. The lowest BCUT2D eigenvalue weighted by molar-refractivity contribution is -0.143. The van der Waals surface area contributed by atoms with Gasteiger partial charge in [0.1, 0.15) is 13.2 Å². The van der Waals surface area contributed by atoms with Crippen molar-refractivity contribution in [1.29, 1.82) is 0 Å². The number of benzene rings is 2. The van der Waals surface area contributed by atoms with Gasteiger partial charge in [0, 0.05) is 11.1 Å². The summed E-state index contributed by atoms with van der Waals surface area (Å²) >= 11 is 6.04. The minimum absolute atomic E-state index is 0.00540. The van der Waals surface area contributed by atoms with Gasteiger partial charge in [0.15, 0.2) is 0 Å². The Kier molecular flexibility index (Phi) is 9.31. The number of aliphatic carboxylic acids is 1. The summed E-state index contributed by atoms with van der Waals surface area (Å²) in [6.07, 6.45) is 0.397. The van der Waals surface area contributed by atoms with Gasteiger partial charge in [0.2, 0.25) is 5.91 Å². The molecule has 8 heteroatoms. The molecule has 2 rings (SSSR count). The number of carbonyl (C=O) groups excluding carboxylic acids is 2. The Morgan fingerprint density at radius 2 is 1.80 bits per heavy atom. The molecule has 1 atom stereocenters. The smallest absolute Gasteiger partial charge is 0.329 e. The highest BCUT2D eigenvalue weighted by Gasteiger charge is 2.18. The Morgan fingerprint density at radius 3 is 2.43 bits per heavy atom. The fraction of sp³-hybridized carbons (Fsp3) is 0.318. The van der Waals surface area contributed by atoms with Gasteiger partial charge in [-0.25, -0.2) is 4.79 Å². The third kappa shape index (κ3) is 8.23. The maximum absolute atomic E-state index is 12.0. The molecule has 0 radical (unpaired) electrons. The zero-order chi connectivity index (χ0) is 21.9. The van der Waals surface area contributed by atoms with Crippen molar-refractivity contribution in [2.45, 2.75) is 25.8 Å². The van der Waals surface area contributed by atoms with Crippen LogP contribution in [0.5, 0.6) is 0 Å². The number of carbonyl (C=O) groups is 3. The van der Waals surface area contributed by atoms with Gasteiger partial charge in [0.05, 0.1) is 13.0 Å². The minimum atomic E-state index is -1.16. The summed E-state index contributed by atoms with van der Waals surface area (Å²) in [4.78, 5) is 34.4. The van der Waals surface area contributed by atoms with Gasteiger partial charge in [-0.1, -0.05) is 48.0 Å². The summed E-state index contributed by atoms with van der Waals surface area (Å²) < 4.78 is 9.78. The van der Waals surface area contributed by atoms with E-state index in [0.717, 1.165) is 16.7 Å². The molecule has 1 unspecified atom stereocenters. The molecule has 0 spiro atoms. The van der Waals surface area contributed by atoms with Crippen LogP contribution in [-0.4, -0.2) is 48.8 Å². The Labute approximate surface area is 179 Å². The molecule has 0 saturated carbocycles. The molecule has 2 N–H and O–H groups in total. The zero-order valence-electron chi connectivity index (χ0n) is 16.6. The highest BCUT2D eigenvalue weighted by molar-refractivity contribution is 6.30. The number of carboxylic acids is 1. The predicted molar refractivity (Wildman–Crippen MR) is 112 cm³/mol. The first-order valence-electron chi connectivity index (χ1n) is 9.46. The summed E-state index contributed by atoms with van der Waals surface area (Å²) in [6, 6.07) is 14.7. The van der Waals surface area contributed by atoms with E-state index in [4.69, 9.17) is 26.2 Å². The van der Waals surface area contributed by atoms with E-state index in [-0.39, 0.29) is 13.0 Å². The summed E-state index contributed by atoms with van der Waals surface area (Å²) in [6.45, 7) is 0.982. The summed E-state index contributed by atoms with van der Waals surface area (Å²) in [5, 5.41) is 11.9. The van der Waals surface area contributed by atoms with E-state index < -0.39 is 37.1 Å². The molecular weight excluding hydrogens is 410 g/mol. The molecular formula is C22H24ClNO6. The van der Waals surface area contributed by atoms with E-state index in [9.17, 15) is 14.4 Å². The van der Waals surface area contributed by atoms with Crippen molar-refractivity contribution in [2.24, 2.45) is 0 Å². The predicted octanol–water partition coefficient (Wildman–Crippen LogP) is 3.09. The van der Waals surface area contributed by atoms with Crippen molar-refractivity contribution in [1.82, 2.24) is 5.32 Å². The number of amides is 1. The van der Waals surface area contributed by atoms with E-state index in [1.807, 2.05) is 48.5 Å². The zero-order valence-corrected chi connectivity index (χ0v) is 17.4. The number of esters is 1. The largest absolute Gasteiger partial charge is 0.480 e. The second kappa shape index (κ2) is 11.9. The molecule has 0 aliphatic rings. The van der Waals surface area contributed by atoms with Gasteiger partial charge in [-0.3, -0.25) is 9.59 Å². The van der Waals surface area contributed by atoms with Crippen LogP contribution < -0.4 is 5.32 Å². The molecule has 1 amide bonds. The van der Waals surface area contributed by atoms with Gasteiger partial charge >= 0.3 is 11.9 Å². The van der Waals surface area contributed by atoms with Crippen LogP contribution in [0.15, 0.2) is 48.5 Å². The summed E-state index contributed by atoms with van der Waals surface area (Å²) in [5.74, 6) is -2.09. The van der Waals surface area contributed by atoms with Crippen molar-refractivity contribution in [2.75, 3.05) is 19.8 Å². The first kappa shape index (κ1) is 23.4. The van der Waals surface area contributed by atoms with Crippen LogP contribution in [0.4, 0.5) is 0 Å². The van der Waals surface area contributed by atoms with Crippen LogP contribution in [0.25, 0.3) is 11.1 Å². The van der Waals surface area contributed by atoms with Crippen molar-refractivity contribution in [3.63, 3.8) is 0 Å². The van der Waals surface area contributed by atoms with Crippen LogP contribution in [0.1, 0.15) is 18.9 Å². The van der Waals surface area contributed by atoms with Crippen LogP contribution in [0.2, 0.25) is 5.02 Å². The fourth-order valence-corrected chi connectivity index (χ4v) is 3.07. The average molecular weight is 434 g/mol. The van der Waals surface area contributed by atoms with E-state index in [1.165, 1.54) is 0 Å². The Morgan fingerprint density at radius 1 is 1.07 bits per heavy atom. The second-order valence-electron chi connectivity index (χ2n) is 6.57. The van der Waals surface area contributed by atoms with Gasteiger partial charge in [-0.2, -0.15) is 0 Å². The van der Waals surface area contributed by atoms with Crippen molar-refractivity contribution >= 4 is 29.4 Å². The van der Waals surface area contributed by atoms with Crippen LogP contribution in [0.3, 0.4) is 0 Å². The molecule has 0 fully saturated rings. The number of nitrogens with one attached hydrogen (secondary N) is 1. The molecule has 2 aromatic rings. The highest BCUT2D eigenvalue weighted by Crippen LogP contribution is 2.23. The summed E-state index contributed by atoms with van der Waals surface area (Å²) in [5.41, 5.74) is 2.90. The maximum Gasteiger partial charge on any atom is 0.329 e. The van der Waals surface area contributed by atoms with Gasteiger partial charge < -0.3 is 19.9 Å². The van der Waals surface area contributed by atoms with Gasteiger partial charge in [-0.05, 0) is 42.2 Å². The average Bonchev–Trinajstić information content (AvgIpc) is 2.68. The maximum atomic E-state index is 12.0. The molecule has 0 bridgehead atoms. The Hall–Kier alpha value is -2.90. The first-order chi connectivity index (χ1) is 14.4.